The molecule has 4 heteroatoms. The van der Waals surface area contributed by atoms with Crippen molar-refractivity contribution < 1.29 is 9.53 Å². The Kier molecular flexibility index (Phi) is 2.43. The van der Waals surface area contributed by atoms with Gasteiger partial charge in [-0.25, -0.2) is 0 Å². The lowest BCUT2D eigenvalue weighted by atomic mass is 10.2. The maximum absolute atomic E-state index is 11.4. The van der Waals surface area contributed by atoms with Crippen LogP contribution < -0.4 is 10.5 Å². The Balaban J connectivity index is 2.51. The SMILES string of the molecule is COc1ccc2cc(C(=O)CN)[nH]c2c1. The molecule has 0 aliphatic carbocycles. The van der Waals surface area contributed by atoms with E-state index in [0.29, 0.717) is 5.69 Å². The lowest BCUT2D eigenvalue weighted by Gasteiger charge is -1.97. The van der Waals surface area contributed by atoms with Gasteiger partial charge in [-0.1, -0.05) is 0 Å². The van der Waals surface area contributed by atoms with Crippen LogP contribution in [-0.2, 0) is 0 Å². The smallest absolute Gasteiger partial charge is 0.192 e. The van der Waals surface area contributed by atoms with Crippen molar-refractivity contribution in [3.63, 3.8) is 0 Å². The molecule has 0 saturated carbocycles. The first-order valence-electron chi connectivity index (χ1n) is 4.64. The number of aromatic amines is 1. The van der Waals surface area contributed by atoms with Crippen molar-refractivity contribution in [1.29, 1.82) is 0 Å². The number of fused-ring (bicyclic) bond motifs is 1. The monoisotopic (exact) mass is 204 g/mol. The molecular weight excluding hydrogens is 192 g/mol. The molecule has 15 heavy (non-hydrogen) atoms. The first-order valence-corrected chi connectivity index (χ1v) is 4.64. The van der Waals surface area contributed by atoms with E-state index in [2.05, 4.69) is 4.98 Å². The molecule has 0 fully saturated rings. The Morgan fingerprint density at radius 3 is 2.93 bits per heavy atom. The number of ketones is 1. The summed E-state index contributed by atoms with van der Waals surface area (Å²) in [6.45, 7) is 0.0178. The molecule has 2 rings (SSSR count). The Morgan fingerprint density at radius 1 is 1.47 bits per heavy atom. The third-order valence-electron chi connectivity index (χ3n) is 2.32. The van der Waals surface area contributed by atoms with Gasteiger partial charge in [0.25, 0.3) is 0 Å². The fraction of sp³-hybridized carbons (Fsp3) is 0.182. The largest absolute Gasteiger partial charge is 0.497 e. The van der Waals surface area contributed by atoms with Crippen LogP contribution in [0.3, 0.4) is 0 Å². The van der Waals surface area contributed by atoms with Crippen LogP contribution in [0.4, 0.5) is 0 Å². The molecule has 4 nitrogen and oxygen atoms in total. The van der Waals surface area contributed by atoms with Gasteiger partial charge in [-0.3, -0.25) is 4.79 Å². The predicted molar refractivity (Wildman–Crippen MR) is 58.2 cm³/mol. The summed E-state index contributed by atoms with van der Waals surface area (Å²) in [4.78, 5) is 14.4. The number of hydrogen-bond acceptors (Lipinski definition) is 3. The lowest BCUT2D eigenvalue weighted by molar-refractivity contribution is 0.0997. The zero-order valence-corrected chi connectivity index (χ0v) is 8.41. The summed E-state index contributed by atoms with van der Waals surface area (Å²) in [5, 5.41) is 0.979. The van der Waals surface area contributed by atoms with E-state index in [1.807, 2.05) is 18.2 Å². The molecule has 0 saturated heterocycles. The second kappa shape index (κ2) is 3.74. The van der Waals surface area contributed by atoms with Gasteiger partial charge in [0.2, 0.25) is 0 Å². The summed E-state index contributed by atoms with van der Waals surface area (Å²) in [5.41, 5.74) is 6.71. The quantitative estimate of drug-likeness (QED) is 0.741. The molecule has 0 aliphatic heterocycles. The molecule has 0 bridgehead atoms. The second-order valence-electron chi connectivity index (χ2n) is 3.26. The number of hydrogen-bond donors (Lipinski definition) is 2. The van der Waals surface area contributed by atoms with E-state index in [4.69, 9.17) is 10.5 Å². The average Bonchev–Trinajstić information content (AvgIpc) is 2.70. The van der Waals surface area contributed by atoms with Crippen molar-refractivity contribution in [2.75, 3.05) is 13.7 Å². The molecule has 0 aliphatic rings. The molecule has 1 aromatic carbocycles. The number of H-pyrrole nitrogens is 1. The molecule has 0 spiro atoms. The molecule has 2 aromatic rings. The fourth-order valence-corrected chi connectivity index (χ4v) is 1.49. The lowest BCUT2D eigenvalue weighted by Crippen LogP contribution is -2.13. The number of ether oxygens (including phenoxy) is 1. The Morgan fingerprint density at radius 2 is 2.27 bits per heavy atom. The highest BCUT2D eigenvalue weighted by atomic mass is 16.5. The highest BCUT2D eigenvalue weighted by molar-refractivity contribution is 6.00. The fourth-order valence-electron chi connectivity index (χ4n) is 1.49. The predicted octanol–water partition coefficient (Wildman–Crippen LogP) is 1.32. The maximum Gasteiger partial charge on any atom is 0.192 e. The van der Waals surface area contributed by atoms with E-state index in [-0.39, 0.29) is 12.3 Å². The summed E-state index contributed by atoms with van der Waals surface area (Å²) < 4.78 is 5.09. The van der Waals surface area contributed by atoms with Gasteiger partial charge < -0.3 is 15.5 Å². The normalized spacial score (nSPS) is 10.5. The van der Waals surface area contributed by atoms with E-state index in [1.54, 1.807) is 13.2 Å². The van der Waals surface area contributed by atoms with Gasteiger partial charge in [0, 0.05) is 17.0 Å². The molecule has 0 atom stereocenters. The third kappa shape index (κ3) is 1.71. The Bertz CT molecular complexity index is 502. The van der Waals surface area contributed by atoms with E-state index >= 15 is 0 Å². The molecule has 78 valence electrons. The average molecular weight is 204 g/mol. The zero-order valence-electron chi connectivity index (χ0n) is 8.41. The van der Waals surface area contributed by atoms with Gasteiger partial charge in [-0.05, 0) is 18.2 Å². The summed E-state index contributed by atoms with van der Waals surface area (Å²) >= 11 is 0. The summed E-state index contributed by atoms with van der Waals surface area (Å²) in [5.74, 6) is 0.668. The van der Waals surface area contributed by atoms with Crippen LogP contribution in [0.25, 0.3) is 10.9 Å². The first kappa shape index (κ1) is 9.73. The van der Waals surface area contributed by atoms with Crippen LogP contribution in [0.15, 0.2) is 24.3 Å². The van der Waals surface area contributed by atoms with Gasteiger partial charge >= 0.3 is 0 Å². The first-order chi connectivity index (χ1) is 7.24. The topological polar surface area (TPSA) is 68.1 Å². The third-order valence-corrected chi connectivity index (χ3v) is 2.32. The van der Waals surface area contributed by atoms with Gasteiger partial charge in [-0.2, -0.15) is 0 Å². The molecule has 3 N–H and O–H groups in total. The standard InChI is InChI=1S/C11H12N2O2/c1-15-8-3-2-7-4-10(11(14)6-12)13-9(7)5-8/h2-5,13H,6,12H2,1H3. The molecule has 0 amide bonds. The summed E-state index contributed by atoms with van der Waals surface area (Å²) in [7, 11) is 1.61. The zero-order chi connectivity index (χ0) is 10.8. The van der Waals surface area contributed by atoms with Crippen molar-refractivity contribution in [1.82, 2.24) is 4.98 Å². The van der Waals surface area contributed by atoms with E-state index in [9.17, 15) is 4.79 Å². The van der Waals surface area contributed by atoms with Crippen LogP contribution in [0.5, 0.6) is 5.75 Å². The molecule has 0 radical (unpaired) electrons. The summed E-state index contributed by atoms with van der Waals surface area (Å²) in [6, 6.07) is 7.40. The number of methoxy groups -OCH3 is 1. The van der Waals surface area contributed by atoms with E-state index in [1.165, 1.54) is 0 Å². The van der Waals surface area contributed by atoms with Crippen LogP contribution >= 0.6 is 0 Å². The van der Waals surface area contributed by atoms with Crippen molar-refractivity contribution in [2.45, 2.75) is 0 Å². The van der Waals surface area contributed by atoms with Gasteiger partial charge in [0.1, 0.15) is 5.75 Å². The Hall–Kier alpha value is -1.81. The molecule has 1 aromatic heterocycles. The Labute approximate surface area is 87.0 Å². The minimum atomic E-state index is -0.0924. The highest BCUT2D eigenvalue weighted by Gasteiger charge is 2.07. The molecule has 0 unspecified atom stereocenters. The number of carbonyl (C=O) groups is 1. The van der Waals surface area contributed by atoms with Crippen LogP contribution in [0, 0.1) is 0 Å². The van der Waals surface area contributed by atoms with E-state index < -0.39 is 0 Å². The maximum atomic E-state index is 11.4. The van der Waals surface area contributed by atoms with Gasteiger partial charge in [-0.15, -0.1) is 0 Å². The summed E-state index contributed by atoms with van der Waals surface area (Å²) in [6.07, 6.45) is 0. The number of aromatic nitrogens is 1. The molecule has 1 heterocycles. The molecular formula is C11H12N2O2. The minimum absolute atomic E-state index is 0.0178. The second-order valence-corrected chi connectivity index (χ2v) is 3.26. The number of nitrogens with two attached hydrogens (primary N) is 1. The van der Waals surface area contributed by atoms with Crippen molar-refractivity contribution in [2.24, 2.45) is 5.73 Å². The number of benzene rings is 1. The number of carbonyl (C=O) groups excluding carboxylic acids is 1. The number of rotatable bonds is 3. The number of Topliss-reactive ketones (excluding diaryl/α,β-unsaturated/α-hetero) is 1. The van der Waals surface area contributed by atoms with Crippen LogP contribution in [0.1, 0.15) is 10.5 Å². The van der Waals surface area contributed by atoms with Crippen molar-refractivity contribution in [3.05, 3.63) is 30.0 Å². The highest BCUT2D eigenvalue weighted by Crippen LogP contribution is 2.21. The van der Waals surface area contributed by atoms with Crippen molar-refractivity contribution >= 4 is 16.7 Å². The minimum Gasteiger partial charge on any atom is -0.497 e. The van der Waals surface area contributed by atoms with E-state index in [0.717, 1.165) is 16.7 Å². The van der Waals surface area contributed by atoms with Crippen molar-refractivity contribution in [3.8, 4) is 5.75 Å². The number of nitrogens with one attached hydrogen (secondary N) is 1. The van der Waals surface area contributed by atoms with Gasteiger partial charge in [0.15, 0.2) is 5.78 Å². The van der Waals surface area contributed by atoms with Crippen LogP contribution in [-0.4, -0.2) is 24.4 Å². The van der Waals surface area contributed by atoms with Gasteiger partial charge in [0.05, 0.1) is 19.3 Å². The van der Waals surface area contributed by atoms with Crippen LogP contribution in [0.2, 0.25) is 0 Å².